The van der Waals surface area contributed by atoms with Gasteiger partial charge in [-0.3, -0.25) is 4.79 Å². The second-order valence-electron chi connectivity index (χ2n) is 3.01. The highest BCUT2D eigenvalue weighted by atomic mass is 79.9. The Kier molecular flexibility index (Phi) is 3.84. The van der Waals surface area contributed by atoms with E-state index in [1.54, 1.807) is 19.1 Å². The molecule has 0 bridgehead atoms. The van der Waals surface area contributed by atoms with Crippen LogP contribution in [0.4, 0.5) is 0 Å². The normalized spacial score (nSPS) is 11.8. The fourth-order valence-electron chi connectivity index (χ4n) is 1.11. The molecule has 0 radical (unpaired) electrons. The van der Waals surface area contributed by atoms with E-state index in [2.05, 4.69) is 22.0 Å². The Labute approximate surface area is 91.7 Å². The first-order chi connectivity index (χ1) is 6.65. The van der Waals surface area contributed by atoms with Crippen molar-refractivity contribution < 1.29 is 4.79 Å². The molecule has 14 heavy (non-hydrogen) atoms. The average molecular weight is 252 g/mol. The van der Waals surface area contributed by atoms with Crippen LogP contribution in [0.3, 0.4) is 0 Å². The minimum absolute atomic E-state index is 0.0634. The first-order valence-electron chi connectivity index (χ1n) is 4.29. The Balaban J connectivity index is 2.84. The summed E-state index contributed by atoms with van der Waals surface area (Å²) in [6.45, 7) is 1.80. The summed E-state index contributed by atoms with van der Waals surface area (Å²) >= 11 is 3.22. The predicted molar refractivity (Wildman–Crippen MR) is 58.5 cm³/mol. The van der Waals surface area contributed by atoms with Gasteiger partial charge in [0.05, 0.1) is 17.3 Å². The SMILES string of the molecule is CC(Br)C(=O)c1ccc(CC#N)cc1. The molecule has 0 aromatic heterocycles. The smallest absolute Gasteiger partial charge is 0.176 e. The molecule has 3 heteroatoms. The maximum atomic E-state index is 11.5. The summed E-state index contributed by atoms with van der Waals surface area (Å²) in [5.41, 5.74) is 1.61. The van der Waals surface area contributed by atoms with Crippen molar-refractivity contribution in [1.29, 1.82) is 5.26 Å². The summed E-state index contributed by atoms with van der Waals surface area (Å²) in [6, 6.07) is 9.20. The van der Waals surface area contributed by atoms with Crippen molar-refractivity contribution in [2.75, 3.05) is 0 Å². The van der Waals surface area contributed by atoms with E-state index in [0.29, 0.717) is 12.0 Å². The highest BCUT2D eigenvalue weighted by molar-refractivity contribution is 9.10. The lowest BCUT2D eigenvalue weighted by molar-refractivity contribution is 0.0996. The number of Topliss-reactive ketones (excluding diaryl/α,β-unsaturated/α-hetero) is 1. The highest BCUT2D eigenvalue weighted by Crippen LogP contribution is 2.11. The van der Waals surface area contributed by atoms with Gasteiger partial charge in [-0.1, -0.05) is 40.2 Å². The molecule has 0 saturated heterocycles. The van der Waals surface area contributed by atoms with Crippen LogP contribution in [0.25, 0.3) is 0 Å². The van der Waals surface area contributed by atoms with Gasteiger partial charge in [0.15, 0.2) is 5.78 Å². The van der Waals surface area contributed by atoms with Crippen LogP contribution in [0.1, 0.15) is 22.8 Å². The number of nitriles is 1. The monoisotopic (exact) mass is 251 g/mol. The molecule has 0 saturated carbocycles. The van der Waals surface area contributed by atoms with Crippen molar-refractivity contribution in [3.05, 3.63) is 35.4 Å². The van der Waals surface area contributed by atoms with Gasteiger partial charge in [-0.25, -0.2) is 0 Å². The number of nitrogens with zero attached hydrogens (tertiary/aromatic N) is 1. The van der Waals surface area contributed by atoms with Crippen LogP contribution in [-0.2, 0) is 6.42 Å². The Morgan fingerprint density at radius 3 is 2.50 bits per heavy atom. The van der Waals surface area contributed by atoms with Crippen LogP contribution >= 0.6 is 15.9 Å². The third-order valence-corrected chi connectivity index (χ3v) is 2.30. The molecule has 1 rings (SSSR count). The van der Waals surface area contributed by atoms with Crippen molar-refractivity contribution in [2.24, 2.45) is 0 Å². The van der Waals surface area contributed by atoms with Crippen molar-refractivity contribution in [3.8, 4) is 6.07 Å². The van der Waals surface area contributed by atoms with E-state index >= 15 is 0 Å². The lowest BCUT2D eigenvalue weighted by atomic mass is 10.1. The Morgan fingerprint density at radius 2 is 2.07 bits per heavy atom. The van der Waals surface area contributed by atoms with Crippen molar-refractivity contribution in [2.45, 2.75) is 18.2 Å². The van der Waals surface area contributed by atoms with Crippen molar-refractivity contribution in [1.82, 2.24) is 0 Å². The predicted octanol–water partition coefficient (Wildman–Crippen LogP) is 2.72. The summed E-state index contributed by atoms with van der Waals surface area (Å²) in [7, 11) is 0. The molecule has 1 atom stereocenters. The maximum absolute atomic E-state index is 11.5. The molecule has 1 aromatic carbocycles. The third kappa shape index (κ3) is 2.68. The molecule has 0 N–H and O–H groups in total. The van der Waals surface area contributed by atoms with Gasteiger partial charge in [-0.2, -0.15) is 5.26 Å². The highest BCUT2D eigenvalue weighted by Gasteiger charge is 2.10. The van der Waals surface area contributed by atoms with E-state index in [1.807, 2.05) is 12.1 Å². The number of alkyl halides is 1. The summed E-state index contributed by atoms with van der Waals surface area (Å²) in [4.78, 5) is 11.3. The van der Waals surface area contributed by atoms with Crippen LogP contribution in [0, 0.1) is 11.3 Å². The molecular formula is C11H10BrNO. The molecule has 0 aliphatic heterocycles. The van der Waals surface area contributed by atoms with Crippen LogP contribution in [0.15, 0.2) is 24.3 Å². The molecule has 72 valence electrons. The van der Waals surface area contributed by atoms with Gasteiger partial charge in [0.2, 0.25) is 0 Å². The second-order valence-corrected chi connectivity index (χ2v) is 4.39. The molecule has 0 spiro atoms. The molecular weight excluding hydrogens is 242 g/mol. The maximum Gasteiger partial charge on any atom is 0.176 e. The van der Waals surface area contributed by atoms with E-state index in [9.17, 15) is 4.79 Å². The Morgan fingerprint density at radius 1 is 1.50 bits per heavy atom. The van der Waals surface area contributed by atoms with Crippen LogP contribution < -0.4 is 0 Å². The average Bonchev–Trinajstić information content (AvgIpc) is 2.18. The third-order valence-electron chi connectivity index (χ3n) is 1.88. The Bertz CT molecular complexity index is 362. The zero-order valence-corrected chi connectivity index (χ0v) is 9.41. The van der Waals surface area contributed by atoms with Crippen LogP contribution in [0.2, 0.25) is 0 Å². The fourth-order valence-corrected chi connectivity index (χ4v) is 1.37. The molecule has 0 aliphatic carbocycles. The lowest BCUT2D eigenvalue weighted by Gasteiger charge is -2.02. The number of benzene rings is 1. The molecule has 0 aliphatic rings. The minimum atomic E-state index is -0.163. The van der Waals surface area contributed by atoms with Gasteiger partial charge in [-0.05, 0) is 12.5 Å². The van der Waals surface area contributed by atoms with Gasteiger partial charge >= 0.3 is 0 Å². The molecule has 1 unspecified atom stereocenters. The number of carbonyl (C=O) groups is 1. The van der Waals surface area contributed by atoms with Crippen LogP contribution in [0.5, 0.6) is 0 Å². The molecule has 2 nitrogen and oxygen atoms in total. The number of hydrogen-bond acceptors (Lipinski definition) is 2. The summed E-state index contributed by atoms with van der Waals surface area (Å²) in [5.74, 6) is 0.0634. The van der Waals surface area contributed by atoms with E-state index in [1.165, 1.54) is 0 Å². The zero-order valence-electron chi connectivity index (χ0n) is 7.83. The molecule has 0 amide bonds. The van der Waals surface area contributed by atoms with E-state index in [-0.39, 0.29) is 10.6 Å². The number of ketones is 1. The summed E-state index contributed by atoms with van der Waals surface area (Å²) < 4.78 is 0. The zero-order chi connectivity index (χ0) is 10.6. The number of rotatable bonds is 3. The Hall–Kier alpha value is -1.14. The summed E-state index contributed by atoms with van der Waals surface area (Å²) in [6.07, 6.45) is 0.387. The molecule has 0 heterocycles. The van der Waals surface area contributed by atoms with E-state index in [4.69, 9.17) is 5.26 Å². The van der Waals surface area contributed by atoms with Crippen LogP contribution in [-0.4, -0.2) is 10.6 Å². The quantitative estimate of drug-likeness (QED) is 0.613. The van der Waals surface area contributed by atoms with Gasteiger partial charge in [0.1, 0.15) is 0 Å². The van der Waals surface area contributed by atoms with E-state index < -0.39 is 0 Å². The van der Waals surface area contributed by atoms with Gasteiger partial charge < -0.3 is 0 Å². The molecule has 0 fully saturated rings. The second kappa shape index (κ2) is 4.92. The van der Waals surface area contributed by atoms with Crippen molar-refractivity contribution in [3.63, 3.8) is 0 Å². The molecule has 1 aromatic rings. The van der Waals surface area contributed by atoms with Gasteiger partial charge in [-0.15, -0.1) is 0 Å². The van der Waals surface area contributed by atoms with Crippen molar-refractivity contribution >= 4 is 21.7 Å². The largest absolute Gasteiger partial charge is 0.293 e. The van der Waals surface area contributed by atoms with Gasteiger partial charge in [0.25, 0.3) is 0 Å². The lowest BCUT2D eigenvalue weighted by Crippen LogP contribution is -2.09. The van der Waals surface area contributed by atoms with Gasteiger partial charge in [0, 0.05) is 5.56 Å². The van der Waals surface area contributed by atoms with E-state index in [0.717, 1.165) is 5.56 Å². The topological polar surface area (TPSA) is 40.9 Å². The fraction of sp³-hybridized carbons (Fsp3) is 0.273. The number of carbonyl (C=O) groups excluding carboxylic acids is 1. The first kappa shape index (κ1) is 10.9. The first-order valence-corrected chi connectivity index (χ1v) is 5.21. The number of halogens is 1. The standard InChI is InChI=1S/C11H10BrNO/c1-8(12)11(14)10-4-2-9(3-5-10)6-7-13/h2-5,8H,6H2,1H3. The number of hydrogen-bond donors (Lipinski definition) is 0. The minimum Gasteiger partial charge on any atom is -0.293 e. The summed E-state index contributed by atoms with van der Waals surface area (Å²) in [5, 5.41) is 8.46.